The average molecular weight is 304 g/mol. The normalized spacial score (nSPS) is 22.1. The summed E-state index contributed by atoms with van der Waals surface area (Å²) < 4.78 is 0.981. The molecule has 2 atom stereocenters. The van der Waals surface area contributed by atoms with Crippen molar-refractivity contribution in [3.63, 3.8) is 0 Å². The Bertz CT molecular complexity index is 682. The van der Waals surface area contributed by atoms with Crippen molar-refractivity contribution in [3.05, 3.63) is 29.3 Å². The Balaban J connectivity index is 1.69. The monoisotopic (exact) mass is 304 g/mol. The smallest absolute Gasteiger partial charge is 0.306 e. The molecule has 1 saturated carbocycles. The van der Waals surface area contributed by atoms with Crippen LogP contribution < -0.4 is 5.32 Å². The number of carboxylic acids is 1. The van der Waals surface area contributed by atoms with Crippen LogP contribution in [0.5, 0.6) is 0 Å². The van der Waals surface area contributed by atoms with Crippen LogP contribution in [0.4, 0.5) is 0 Å². The first-order chi connectivity index (χ1) is 10.1. The Kier molecular flexibility index (Phi) is 3.88. The maximum absolute atomic E-state index is 12.3. The van der Waals surface area contributed by atoms with E-state index in [1.54, 1.807) is 11.6 Å². The van der Waals surface area contributed by atoms with Gasteiger partial charge in [0, 0.05) is 11.6 Å². The number of carboxylic acid groups (broad SMARTS) is 1. The minimum atomic E-state index is -0.764. The van der Waals surface area contributed by atoms with Crippen molar-refractivity contribution < 1.29 is 14.7 Å². The number of nitrogens with one attached hydrogen (secondary N) is 1. The number of hydrogen-bond acceptors (Lipinski definition) is 4. The van der Waals surface area contributed by atoms with E-state index in [-0.39, 0.29) is 17.9 Å². The highest BCUT2D eigenvalue weighted by Crippen LogP contribution is 2.25. The molecule has 0 bridgehead atoms. The summed E-state index contributed by atoms with van der Waals surface area (Å²) in [4.78, 5) is 27.5. The van der Waals surface area contributed by atoms with E-state index in [1.165, 1.54) is 11.3 Å². The molecule has 6 heteroatoms. The molecule has 0 spiro atoms. The van der Waals surface area contributed by atoms with Crippen LogP contribution in [0.1, 0.15) is 36.0 Å². The van der Waals surface area contributed by atoms with Gasteiger partial charge in [0.2, 0.25) is 0 Å². The van der Waals surface area contributed by atoms with Crippen LogP contribution in [0.25, 0.3) is 10.2 Å². The molecule has 2 N–H and O–H groups in total. The van der Waals surface area contributed by atoms with Crippen LogP contribution >= 0.6 is 11.3 Å². The topological polar surface area (TPSA) is 79.3 Å². The second-order valence-corrected chi connectivity index (χ2v) is 6.29. The Morgan fingerprint density at radius 2 is 2.19 bits per heavy atom. The number of thiazole rings is 1. The number of carbonyl (C=O) groups excluding carboxylic acids is 1. The zero-order valence-corrected chi connectivity index (χ0v) is 12.2. The lowest BCUT2D eigenvalue weighted by Gasteiger charge is -2.27. The van der Waals surface area contributed by atoms with E-state index >= 15 is 0 Å². The SMILES string of the molecule is O=C(NC1CCCC(C(=O)O)C1)c1ccc2ncsc2c1. The molecule has 1 fully saturated rings. The van der Waals surface area contributed by atoms with Crippen LogP contribution in [0.15, 0.2) is 23.7 Å². The van der Waals surface area contributed by atoms with Crippen molar-refractivity contribution in [1.29, 1.82) is 0 Å². The van der Waals surface area contributed by atoms with Crippen LogP contribution in [-0.4, -0.2) is 28.0 Å². The van der Waals surface area contributed by atoms with E-state index in [0.717, 1.165) is 23.1 Å². The van der Waals surface area contributed by atoms with E-state index in [4.69, 9.17) is 5.11 Å². The molecule has 0 saturated heterocycles. The molecule has 1 aliphatic carbocycles. The molecule has 0 radical (unpaired) electrons. The number of fused-ring (bicyclic) bond motifs is 1. The van der Waals surface area contributed by atoms with Crippen LogP contribution in [0.2, 0.25) is 0 Å². The Labute approximate surface area is 126 Å². The molecule has 2 aromatic rings. The molecular weight excluding hydrogens is 288 g/mol. The van der Waals surface area contributed by atoms with Gasteiger partial charge < -0.3 is 10.4 Å². The second kappa shape index (κ2) is 5.81. The third-order valence-electron chi connectivity index (χ3n) is 3.95. The third-order valence-corrected chi connectivity index (χ3v) is 4.74. The summed E-state index contributed by atoms with van der Waals surface area (Å²) in [7, 11) is 0. The van der Waals surface area contributed by atoms with Crippen molar-refractivity contribution in [1.82, 2.24) is 10.3 Å². The molecule has 0 aliphatic heterocycles. The number of rotatable bonds is 3. The minimum absolute atomic E-state index is 0.0514. The highest BCUT2D eigenvalue weighted by Gasteiger charge is 2.28. The number of amides is 1. The van der Waals surface area contributed by atoms with Gasteiger partial charge in [0.05, 0.1) is 21.6 Å². The highest BCUT2D eigenvalue weighted by atomic mass is 32.1. The minimum Gasteiger partial charge on any atom is -0.481 e. The maximum atomic E-state index is 12.3. The molecule has 5 nitrogen and oxygen atoms in total. The van der Waals surface area contributed by atoms with Crippen LogP contribution in [-0.2, 0) is 4.79 Å². The summed E-state index contributed by atoms with van der Waals surface area (Å²) in [6.45, 7) is 0. The quantitative estimate of drug-likeness (QED) is 0.913. The first-order valence-electron chi connectivity index (χ1n) is 7.00. The van der Waals surface area contributed by atoms with E-state index in [1.807, 2.05) is 12.1 Å². The predicted molar refractivity (Wildman–Crippen MR) is 80.5 cm³/mol. The molecule has 1 amide bonds. The van der Waals surface area contributed by atoms with Gasteiger partial charge in [-0.05, 0) is 37.5 Å². The number of aromatic nitrogens is 1. The average Bonchev–Trinajstić information content (AvgIpc) is 2.94. The van der Waals surface area contributed by atoms with Crippen molar-refractivity contribution in [3.8, 4) is 0 Å². The lowest BCUT2D eigenvalue weighted by Crippen LogP contribution is -2.39. The van der Waals surface area contributed by atoms with E-state index in [9.17, 15) is 9.59 Å². The Morgan fingerprint density at radius 3 is 3.00 bits per heavy atom. The summed E-state index contributed by atoms with van der Waals surface area (Å²) >= 11 is 1.50. The molecule has 3 rings (SSSR count). The van der Waals surface area contributed by atoms with Crippen molar-refractivity contribution in [2.24, 2.45) is 5.92 Å². The van der Waals surface area contributed by atoms with Gasteiger partial charge in [-0.2, -0.15) is 0 Å². The summed E-state index contributed by atoms with van der Waals surface area (Å²) in [5.41, 5.74) is 3.25. The van der Waals surface area contributed by atoms with Gasteiger partial charge in [-0.1, -0.05) is 6.42 Å². The lowest BCUT2D eigenvalue weighted by atomic mass is 9.85. The summed E-state index contributed by atoms with van der Waals surface area (Å²) in [5.74, 6) is -1.24. The Morgan fingerprint density at radius 1 is 1.33 bits per heavy atom. The standard InChI is InChI=1S/C15H16N2O3S/c18-14(9-4-5-12-13(7-9)21-8-16-12)17-11-3-1-2-10(6-11)15(19)20/h4-5,7-8,10-11H,1-3,6H2,(H,17,18)(H,19,20). The first kappa shape index (κ1) is 14.0. The van der Waals surface area contributed by atoms with E-state index < -0.39 is 5.97 Å². The number of carbonyl (C=O) groups is 2. The van der Waals surface area contributed by atoms with Crippen molar-refractivity contribution >= 4 is 33.4 Å². The number of nitrogens with zero attached hydrogens (tertiary/aromatic N) is 1. The molecule has 1 aromatic carbocycles. The zero-order chi connectivity index (χ0) is 14.8. The molecule has 2 unspecified atom stereocenters. The summed E-state index contributed by atoms with van der Waals surface area (Å²) in [6, 6.07) is 5.38. The molecule has 1 aromatic heterocycles. The molecule has 21 heavy (non-hydrogen) atoms. The van der Waals surface area contributed by atoms with Gasteiger partial charge in [-0.3, -0.25) is 9.59 Å². The Hall–Kier alpha value is -1.95. The van der Waals surface area contributed by atoms with Crippen LogP contribution in [0.3, 0.4) is 0 Å². The maximum Gasteiger partial charge on any atom is 0.306 e. The van der Waals surface area contributed by atoms with Gasteiger partial charge in [-0.15, -0.1) is 11.3 Å². The third kappa shape index (κ3) is 3.05. The highest BCUT2D eigenvalue weighted by molar-refractivity contribution is 7.16. The van der Waals surface area contributed by atoms with Gasteiger partial charge in [0.1, 0.15) is 0 Å². The van der Waals surface area contributed by atoms with Gasteiger partial charge in [-0.25, -0.2) is 4.98 Å². The van der Waals surface area contributed by atoms with E-state index in [2.05, 4.69) is 10.3 Å². The first-order valence-corrected chi connectivity index (χ1v) is 7.88. The number of aliphatic carboxylic acids is 1. The fraction of sp³-hybridized carbons (Fsp3) is 0.400. The molecule has 110 valence electrons. The molecule has 1 aliphatic rings. The molecule has 1 heterocycles. The zero-order valence-electron chi connectivity index (χ0n) is 11.4. The van der Waals surface area contributed by atoms with E-state index in [0.29, 0.717) is 18.4 Å². The lowest BCUT2D eigenvalue weighted by molar-refractivity contribution is -0.143. The van der Waals surface area contributed by atoms with Gasteiger partial charge in [0.25, 0.3) is 5.91 Å². The van der Waals surface area contributed by atoms with Crippen molar-refractivity contribution in [2.45, 2.75) is 31.7 Å². The largest absolute Gasteiger partial charge is 0.481 e. The fourth-order valence-electron chi connectivity index (χ4n) is 2.81. The fourth-order valence-corrected chi connectivity index (χ4v) is 3.53. The molecular formula is C15H16N2O3S. The van der Waals surface area contributed by atoms with Crippen molar-refractivity contribution in [2.75, 3.05) is 0 Å². The number of benzene rings is 1. The van der Waals surface area contributed by atoms with Gasteiger partial charge in [0.15, 0.2) is 0 Å². The van der Waals surface area contributed by atoms with Crippen LogP contribution in [0, 0.1) is 5.92 Å². The van der Waals surface area contributed by atoms with Gasteiger partial charge >= 0.3 is 5.97 Å². The predicted octanol–water partition coefficient (Wildman–Crippen LogP) is 2.67. The summed E-state index contributed by atoms with van der Waals surface area (Å²) in [6.07, 6.45) is 2.91. The second-order valence-electron chi connectivity index (χ2n) is 5.41. The summed E-state index contributed by atoms with van der Waals surface area (Å²) in [5, 5.41) is 12.0. The number of hydrogen-bond donors (Lipinski definition) is 2.